The van der Waals surface area contributed by atoms with E-state index < -0.39 is 0 Å². The molecule has 3 aromatic carbocycles. The molecule has 3 heterocycles. The Labute approximate surface area is 342 Å². The van der Waals surface area contributed by atoms with Crippen molar-refractivity contribution in [1.82, 2.24) is 0 Å². The third kappa shape index (κ3) is 17.0. The first-order valence-corrected chi connectivity index (χ1v) is 18.1. The largest absolute Gasteiger partial charge is 0.376 e. The fourth-order valence-electron chi connectivity index (χ4n) is 6.16. The average molecular weight is 916 g/mol. The SMILES string of the molecule is CC(=O)CCc1ccccc1C1COCCO1.CC(=O)CCc1ccccc1C1COCCO1.CC(=O)CCc1ccccc1C1COCCO1.[Pd].[Pd]. The molecule has 0 spiro atoms. The summed E-state index contributed by atoms with van der Waals surface area (Å²) in [5, 5.41) is 0. The van der Waals surface area contributed by atoms with E-state index in [9.17, 15) is 14.4 Å². The van der Waals surface area contributed by atoms with E-state index >= 15 is 0 Å². The molecule has 3 aliphatic heterocycles. The summed E-state index contributed by atoms with van der Waals surface area (Å²) < 4.78 is 33.4. The minimum atomic E-state index is 0. The Morgan fingerprint density at radius 3 is 0.943 bits per heavy atom. The molecule has 11 heteroatoms. The van der Waals surface area contributed by atoms with Crippen LogP contribution in [0.2, 0.25) is 0 Å². The first kappa shape index (κ1) is 46.9. The summed E-state index contributed by atoms with van der Waals surface area (Å²) in [5.41, 5.74) is 7.06. The Kier molecular flexibility index (Phi) is 23.5. The van der Waals surface area contributed by atoms with E-state index in [1.807, 2.05) is 36.4 Å². The van der Waals surface area contributed by atoms with Crippen LogP contribution in [0.4, 0.5) is 0 Å². The zero-order valence-electron chi connectivity index (χ0n) is 31.1. The van der Waals surface area contributed by atoms with E-state index in [1.54, 1.807) is 20.8 Å². The van der Waals surface area contributed by atoms with E-state index in [0.29, 0.717) is 78.7 Å². The Bertz CT molecular complexity index is 1330. The van der Waals surface area contributed by atoms with Crippen molar-refractivity contribution in [2.24, 2.45) is 0 Å². The smallest absolute Gasteiger partial charge is 0.130 e. The van der Waals surface area contributed by atoms with Crippen molar-refractivity contribution in [3.8, 4) is 0 Å². The van der Waals surface area contributed by atoms with Crippen molar-refractivity contribution in [1.29, 1.82) is 0 Å². The standard InChI is InChI=1S/3C14H18O3.2Pd/c3*1-11(15)6-7-12-4-2-3-5-13(12)14-10-16-8-9-17-14;;/h3*2-5,14H,6-10H2,1H3;;. The minimum absolute atomic E-state index is 0. The summed E-state index contributed by atoms with van der Waals surface area (Å²) in [5.74, 6) is 0.668. The summed E-state index contributed by atoms with van der Waals surface area (Å²) in [6, 6.07) is 24.4. The van der Waals surface area contributed by atoms with Crippen molar-refractivity contribution in [3.05, 3.63) is 106 Å². The molecule has 0 amide bonds. The summed E-state index contributed by atoms with van der Waals surface area (Å²) in [6.45, 7) is 10.7. The van der Waals surface area contributed by atoms with Gasteiger partial charge in [0.05, 0.1) is 59.5 Å². The van der Waals surface area contributed by atoms with Crippen LogP contribution in [0.3, 0.4) is 0 Å². The van der Waals surface area contributed by atoms with Crippen LogP contribution < -0.4 is 0 Å². The van der Waals surface area contributed by atoms with E-state index in [0.717, 1.165) is 36.0 Å². The maximum atomic E-state index is 11.0. The number of carbonyl (C=O) groups is 3. The summed E-state index contributed by atoms with van der Waals surface area (Å²) in [4.78, 5) is 33.1. The predicted octanol–water partition coefficient (Wildman–Crippen LogP) is 6.88. The van der Waals surface area contributed by atoms with Gasteiger partial charge in [-0.1, -0.05) is 72.8 Å². The molecule has 3 unspecified atom stereocenters. The van der Waals surface area contributed by atoms with Crippen LogP contribution in [-0.4, -0.2) is 76.8 Å². The van der Waals surface area contributed by atoms with Crippen molar-refractivity contribution in [2.45, 2.75) is 77.6 Å². The molecular formula is C42H54O9Pd2. The quantitative estimate of drug-likeness (QED) is 0.180. The zero-order chi connectivity index (χ0) is 36.3. The first-order chi connectivity index (χ1) is 24.8. The molecule has 0 aromatic heterocycles. The van der Waals surface area contributed by atoms with Crippen LogP contribution in [0.5, 0.6) is 0 Å². The second-order valence-corrected chi connectivity index (χ2v) is 13.0. The molecule has 3 aliphatic rings. The third-order valence-electron chi connectivity index (χ3n) is 8.89. The molecular weight excluding hydrogens is 861 g/mol. The maximum Gasteiger partial charge on any atom is 0.130 e. The van der Waals surface area contributed by atoms with Crippen LogP contribution in [0.15, 0.2) is 72.8 Å². The Balaban J connectivity index is 0.000000270. The number of carbonyl (C=O) groups excluding carboxylic acids is 3. The second-order valence-electron chi connectivity index (χ2n) is 13.0. The molecule has 3 aromatic rings. The molecule has 0 saturated carbocycles. The molecule has 0 radical (unpaired) electrons. The van der Waals surface area contributed by atoms with Gasteiger partial charge in [0.1, 0.15) is 35.7 Å². The molecule has 3 fully saturated rings. The molecule has 3 atom stereocenters. The van der Waals surface area contributed by atoms with Gasteiger partial charge in [0.25, 0.3) is 0 Å². The predicted molar refractivity (Wildman–Crippen MR) is 195 cm³/mol. The Morgan fingerprint density at radius 1 is 0.453 bits per heavy atom. The van der Waals surface area contributed by atoms with Crippen molar-refractivity contribution in [2.75, 3.05) is 59.5 Å². The van der Waals surface area contributed by atoms with E-state index in [2.05, 4.69) is 36.4 Å². The third-order valence-corrected chi connectivity index (χ3v) is 8.89. The van der Waals surface area contributed by atoms with Gasteiger partial charge in [-0.3, -0.25) is 0 Å². The minimum Gasteiger partial charge on any atom is -0.376 e. The van der Waals surface area contributed by atoms with E-state index in [-0.39, 0.29) is 76.5 Å². The zero-order valence-corrected chi connectivity index (χ0v) is 34.2. The molecule has 296 valence electrons. The number of ether oxygens (including phenoxy) is 6. The Hall–Kier alpha value is -2.25. The summed E-state index contributed by atoms with van der Waals surface area (Å²) in [6.07, 6.45) is 4.17. The van der Waals surface area contributed by atoms with Gasteiger partial charge in [0, 0.05) is 60.1 Å². The van der Waals surface area contributed by atoms with Crippen LogP contribution in [0.25, 0.3) is 0 Å². The van der Waals surface area contributed by atoms with Gasteiger partial charge >= 0.3 is 0 Å². The molecule has 0 N–H and O–H groups in total. The topological polar surface area (TPSA) is 107 Å². The van der Waals surface area contributed by atoms with Gasteiger partial charge in [-0.25, -0.2) is 0 Å². The van der Waals surface area contributed by atoms with Crippen LogP contribution in [0, 0.1) is 0 Å². The van der Waals surface area contributed by atoms with Crippen LogP contribution >= 0.6 is 0 Å². The van der Waals surface area contributed by atoms with Crippen LogP contribution in [-0.2, 0) is 103 Å². The van der Waals surface area contributed by atoms with Gasteiger partial charge in [0.2, 0.25) is 0 Å². The van der Waals surface area contributed by atoms with E-state index in [4.69, 9.17) is 28.4 Å². The van der Waals surface area contributed by atoms with E-state index in [1.165, 1.54) is 16.7 Å². The van der Waals surface area contributed by atoms with Crippen molar-refractivity contribution in [3.63, 3.8) is 0 Å². The second kappa shape index (κ2) is 26.5. The molecule has 0 aliphatic carbocycles. The molecule has 9 nitrogen and oxygen atoms in total. The molecule has 3 saturated heterocycles. The summed E-state index contributed by atoms with van der Waals surface area (Å²) >= 11 is 0. The first-order valence-electron chi connectivity index (χ1n) is 18.1. The molecule has 53 heavy (non-hydrogen) atoms. The van der Waals surface area contributed by atoms with Crippen LogP contribution in [0.1, 0.15) is 91.7 Å². The van der Waals surface area contributed by atoms with Gasteiger partial charge in [0.15, 0.2) is 0 Å². The number of hydrogen-bond acceptors (Lipinski definition) is 9. The molecule has 0 bridgehead atoms. The number of hydrogen-bond donors (Lipinski definition) is 0. The fourth-order valence-corrected chi connectivity index (χ4v) is 6.16. The summed E-state index contributed by atoms with van der Waals surface area (Å²) in [7, 11) is 0. The monoisotopic (exact) mass is 914 g/mol. The molecule has 6 rings (SSSR count). The number of ketones is 3. The van der Waals surface area contributed by atoms with Crippen molar-refractivity contribution < 1.29 is 83.7 Å². The van der Waals surface area contributed by atoms with Gasteiger partial charge in [-0.15, -0.1) is 0 Å². The fraction of sp³-hybridized carbons (Fsp3) is 0.500. The number of rotatable bonds is 12. The van der Waals surface area contributed by atoms with Gasteiger partial charge < -0.3 is 42.8 Å². The van der Waals surface area contributed by atoms with Gasteiger partial charge in [-0.2, -0.15) is 0 Å². The average Bonchev–Trinajstić information content (AvgIpc) is 3.17. The number of benzene rings is 3. The van der Waals surface area contributed by atoms with Crippen molar-refractivity contribution >= 4 is 17.3 Å². The number of aryl methyl sites for hydroxylation is 3. The van der Waals surface area contributed by atoms with Gasteiger partial charge in [-0.05, 0) is 73.4 Å². The number of Topliss-reactive ketones (excluding diaryl/α,β-unsaturated/α-hetero) is 3. The normalized spacial score (nSPS) is 19.4. The Morgan fingerprint density at radius 2 is 0.717 bits per heavy atom. The maximum absolute atomic E-state index is 11.0.